The minimum Gasteiger partial charge on any atom is -0.476 e. The van der Waals surface area contributed by atoms with E-state index in [0.29, 0.717) is 24.1 Å². The zero-order valence-corrected chi connectivity index (χ0v) is 11.8. The average Bonchev–Trinajstić information content (AvgIpc) is 2.48. The molecule has 0 radical (unpaired) electrons. The molecule has 0 spiro atoms. The highest BCUT2D eigenvalue weighted by Gasteiger charge is 2.12. The van der Waals surface area contributed by atoms with E-state index in [-0.39, 0.29) is 0 Å². The molecule has 2 rings (SSSR count). The van der Waals surface area contributed by atoms with E-state index in [1.165, 1.54) is 6.33 Å². The van der Waals surface area contributed by atoms with Crippen molar-refractivity contribution in [2.75, 3.05) is 12.3 Å². The molecule has 0 saturated carbocycles. The molecule has 2 aromatic rings. The van der Waals surface area contributed by atoms with Gasteiger partial charge in [-0.1, -0.05) is 32.0 Å². The molecule has 106 valence electrons. The Hall–Kier alpha value is -2.30. The number of aryl methyl sites for hydroxylation is 1. The van der Waals surface area contributed by atoms with Crippen LogP contribution in [0.3, 0.4) is 0 Å². The molecule has 0 aliphatic rings. The number of nitrogen functional groups attached to an aromatic ring is 1. The molecule has 1 aromatic heterocycles. The zero-order valence-electron chi connectivity index (χ0n) is 11.8. The van der Waals surface area contributed by atoms with Gasteiger partial charge in [0, 0.05) is 0 Å². The van der Waals surface area contributed by atoms with E-state index in [0.717, 1.165) is 24.2 Å². The fourth-order valence-corrected chi connectivity index (χ4v) is 1.76. The van der Waals surface area contributed by atoms with Crippen molar-refractivity contribution in [3.05, 3.63) is 36.2 Å². The smallest absolute Gasteiger partial charge is 0.249 e. The van der Waals surface area contributed by atoms with Crippen LogP contribution in [-0.4, -0.2) is 16.6 Å². The first-order valence-corrected chi connectivity index (χ1v) is 6.75. The van der Waals surface area contributed by atoms with Crippen molar-refractivity contribution in [2.24, 2.45) is 0 Å². The van der Waals surface area contributed by atoms with Crippen molar-refractivity contribution >= 4 is 5.69 Å². The van der Waals surface area contributed by atoms with Gasteiger partial charge in [0.25, 0.3) is 0 Å². The molecule has 1 aromatic carbocycles. The van der Waals surface area contributed by atoms with Crippen LogP contribution >= 0.6 is 0 Å². The third kappa shape index (κ3) is 3.17. The summed E-state index contributed by atoms with van der Waals surface area (Å²) < 4.78 is 11.3. The van der Waals surface area contributed by atoms with Crippen LogP contribution in [0.2, 0.25) is 0 Å². The van der Waals surface area contributed by atoms with E-state index < -0.39 is 0 Å². The average molecular weight is 273 g/mol. The van der Waals surface area contributed by atoms with Crippen LogP contribution in [0.4, 0.5) is 5.69 Å². The molecule has 0 fully saturated rings. The topological polar surface area (TPSA) is 70.3 Å². The number of ether oxygens (including phenoxy) is 2. The maximum absolute atomic E-state index is 5.99. The first-order valence-electron chi connectivity index (χ1n) is 6.75. The van der Waals surface area contributed by atoms with E-state index in [1.54, 1.807) is 0 Å². The Bertz CT molecular complexity index is 573. The van der Waals surface area contributed by atoms with Crippen LogP contribution in [0.15, 0.2) is 30.6 Å². The summed E-state index contributed by atoms with van der Waals surface area (Å²) in [5.41, 5.74) is 7.41. The van der Waals surface area contributed by atoms with Gasteiger partial charge in [0.15, 0.2) is 5.69 Å². The van der Waals surface area contributed by atoms with Gasteiger partial charge in [-0.2, -0.15) is 9.97 Å². The van der Waals surface area contributed by atoms with E-state index in [4.69, 9.17) is 15.2 Å². The van der Waals surface area contributed by atoms with Crippen LogP contribution < -0.4 is 15.2 Å². The van der Waals surface area contributed by atoms with Crippen LogP contribution in [0, 0.1) is 0 Å². The largest absolute Gasteiger partial charge is 0.476 e. The van der Waals surface area contributed by atoms with Gasteiger partial charge in [-0.05, 0) is 24.5 Å². The van der Waals surface area contributed by atoms with Crippen molar-refractivity contribution in [1.82, 2.24) is 9.97 Å². The lowest BCUT2D eigenvalue weighted by molar-refractivity contribution is 0.304. The fraction of sp³-hybridized carbons (Fsp3) is 0.333. The molecule has 0 amide bonds. The molecule has 0 atom stereocenters. The lowest BCUT2D eigenvalue weighted by Gasteiger charge is -2.12. The Morgan fingerprint density at radius 2 is 1.85 bits per heavy atom. The Morgan fingerprint density at radius 3 is 2.60 bits per heavy atom. The SMILES string of the molecule is CCCOc1ncnc(Oc2ccccc2CC)c1N. The predicted molar refractivity (Wildman–Crippen MR) is 78.1 cm³/mol. The quantitative estimate of drug-likeness (QED) is 0.875. The van der Waals surface area contributed by atoms with Gasteiger partial charge in [0.2, 0.25) is 11.8 Å². The Morgan fingerprint density at radius 1 is 1.10 bits per heavy atom. The minimum atomic E-state index is 0.326. The maximum Gasteiger partial charge on any atom is 0.249 e. The molecule has 0 unspecified atom stereocenters. The van der Waals surface area contributed by atoms with Crippen LogP contribution in [0.5, 0.6) is 17.5 Å². The second-order valence-corrected chi connectivity index (χ2v) is 4.31. The van der Waals surface area contributed by atoms with Gasteiger partial charge in [-0.25, -0.2) is 0 Å². The van der Waals surface area contributed by atoms with Gasteiger partial charge in [-0.15, -0.1) is 0 Å². The zero-order chi connectivity index (χ0) is 14.4. The summed E-state index contributed by atoms with van der Waals surface area (Å²) in [5, 5.41) is 0. The molecule has 0 bridgehead atoms. The van der Waals surface area contributed by atoms with Crippen LogP contribution in [-0.2, 0) is 6.42 Å². The van der Waals surface area contributed by atoms with E-state index in [9.17, 15) is 0 Å². The first-order chi connectivity index (χ1) is 9.76. The van der Waals surface area contributed by atoms with Gasteiger partial charge < -0.3 is 15.2 Å². The summed E-state index contributed by atoms with van der Waals surface area (Å²) in [4.78, 5) is 8.10. The first kappa shape index (κ1) is 14.1. The molecule has 5 heteroatoms. The molecule has 0 saturated heterocycles. The van der Waals surface area contributed by atoms with Gasteiger partial charge in [0.05, 0.1) is 6.61 Å². The van der Waals surface area contributed by atoms with Gasteiger partial charge in [-0.3, -0.25) is 0 Å². The predicted octanol–water partition coefficient (Wildman–Crippen LogP) is 3.20. The van der Waals surface area contributed by atoms with Crippen molar-refractivity contribution in [2.45, 2.75) is 26.7 Å². The van der Waals surface area contributed by atoms with E-state index in [1.807, 2.05) is 31.2 Å². The Kier molecular flexibility index (Phi) is 4.76. The minimum absolute atomic E-state index is 0.326. The Balaban J connectivity index is 2.25. The highest BCUT2D eigenvalue weighted by Crippen LogP contribution is 2.32. The second-order valence-electron chi connectivity index (χ2n) is 4.31. The van der Waals surface area contributed by atoms with Crippen molar-refractivity contribution in [3.8, 4) is 17.5 Å². The van der Waals surface area contributed by atoms with Gasteiger partial charge >= 0.3 is 0 Å². The van der Waals surface area contributed by atoms with E-state index in [2.05, 4.69) is 16.9 Å². The molecule has 20 heavy (non-hydrogen) atoms. The molecule has 5 nitrogen and oxygen atoms in total. The number of rotatable bonds is 6. The normalized spacial score (nSPS) is 10.3. The molecular formula is C15H19N3O2. The summed E-state index contributed by atoms with van der Waals surface area (Å²) >= 11 is 0. The standard InChI is InChI=1S/C15H19N3O2/c1-3-9-19-14-13(16)15(18-10-17-14)20-12-8-6-5-7-11(12)4-2/h5-8,10H,3-4,9,16H2,1-2H3. The van der Waals surface area contributed by atoms with Crippen molar-refractivity contribution in [1.29, 1.82) is 0 Å². The Labute approximate surface area is 118 Å². The highest BCUT2D eigenvalue weighted by molar-refractivity contribution is 5.57. The second kappa shape index (κ2) is 6.75. The van der Waals surface area contributed by atoms with Gasteiger partial charge in [0.1, 0.15) is 12.1 Å². The maximum atomic E-state index is 5.99. The molecule has 1 heterocycles. The summed E-state index contributed by atoms with van der Waals surface area (Å²) in [6.07, 6.45) is 3.16. The summed E-state index contributed by atoms with van der Waals surface area (Å²) in [5.74, 6) is 1.44. The lowest BCUT2D eigenvalue weighted by atomic mass is 10.1. The van der Waals surface area contributed by atoms with Crippen molar-refractivity contribution in [3.63, 3.8) is 0 Å². The summed E-state index contributed by atoms with van der Waals surface area (Å²) in [7, 11) is 0. The number of benzene rings is 1. The molecule has 2 N–H and O–H groups in total. The monoisotopic (exact) mass is 273 g/mol. The number of hydrogen-bond acceptors (Lipinski definition) is 5. The summed E-state index contributed by atoms with van der Waals surface area (Å²) in [6, 6.07) is 7.80. The third-order valence-corrected chi connectivity index (χ3v) is 2.81. The molecule has 0 aliphatic heterocycles. The number of nitrogens with two attached hydrogens (primary N) is 1. The highest BCUT2D eigenvalue weighted by atomic mass is 16.5. The number of para-hydroxylation sites is 1. The lowest BCUT2D eigenvalue weighted by Crippen LogP contribution is -2.04. The van der Waals surface area contributed by atoms with Crippen LogP contribution in [0.25, 0.3) is 0 Å². The third-order valence-electron chi connectivity index (χ3n) is 2.81. The number of aromatic nitrogens is 2. The number of nitrogens with zero attached hydrogens (tertiary/aromatic N) is 2. The number of hydrogen-bond donors (Lipinski definition) is 1. The van der Waals surface area contributed by atoms with Crippen LogP contribution in [0.1, 0.15) is 25.8 Å². The van der Waals surface area contributed by atoms with Crippen molar-refractivity contribution < 1.29 is 9.47 Å². The molecular weight excluding hydrogens is 254 g/mol. The van der Waals surface area contributed by atoms with E-state index >= 15 is 0 Å². The molecule has 0 aliphatic carbocycles. The summed E-state index contributed by atoms with van der Waals surface area (Å²) in [6.45, 7) is 4.65. The number of anilines is 1. The fourth-order valence-electron chi connectivity index (χ4n) is 1.76.